The van der Waals surface area contributed by atoms with E-state index in [4.69, 9.17) is 0 Å². The molecule has 38 heavy (non-hydrogen) atoms. The Morgan fingerprint density at radius 3 is 2.32 bits per heavy atom. The predicted octanol–water partition coefficient (Wildman–Crippen LogP) is 9.76. The molecule has 0 amide bonds. The largest absolute Gasteiger partial charge is 0.338 e. The van der Waals surface area contributed by atoms with Crippen LogP contribution in [0.5, 0.6) is 0 Å². The van der Waals surface area contributed by atoms with Gasteiger partial charge in [0.2, 0.25) is 0 Å². The third kappa shape index (κ3) is 4.89. The lowest BCUT2D eigenvalue weighted by molar-refractivity contribution is 0.484. The Bertz CT molecular complexity index is 1490. The molecule has 188 valence electrons. The molecule has 0 N–H and O–H groups in total. The molecule has 3 aromatic rings. The number of hydrogen-bond acceptors (Lipinski definition) is 1. The smallest absolute Gasteiger partial charge is 0.0590 e. The number of hydrogen-bond donors (Lipinski definition) is 0. The zero-order valence-corrected chi connectivity index (χ0v) is 22.2. The van der Waals surface area contributed by atoms with E-state index >= 15 is 0 Å². The van der Waals surface area contributed by atoms with Crippen molar-refractivity contribution in [2.45, 2.75) is 38.6 Å². The molecule has 3 aliphatic carbocycles. The average molecular weight is 494 g/mol. The molecule has 0 saturated carbocycles. The number of aryl methyl sites for hydroxylation is 1. The normalized spacial score (nSPS) is 20.2. The lowest BCUT2D eigenvalue weighted by Gasteiger charge is -2.42. The topological polar surface area (TPSA) is 3.24 Å². The second kappa shape index (κ2) is 10.7. The van der Waals surface area contributed by atoms with E-state index in [0.29, 0.717) is 12.0 Å². The maximum absolute atomic E-state index is 3.99. The minimum Gasteiger partial charge on any atom is -0.338 e. The Hall–Kier alpha value is -4.10. The van der Waals surface area contributed by atoms with Gasteiger partial charge in [0.1, 0.15) is 0 Å². The van der Waals surface area contributed by atoms with E-state index in [1.165, 1.54) is 56.8 Å². The lowest BCUT2D eigenvalue weighted by Crippen LogP contribution is -2.41. The van der Waals surface area contributed by atoms with Crippen LogP contribution in [0.1, 0.15) is 31.2 Å². The van der Waals surface area contributed by atoms with E-state index in [0.717, 1.165) is 19.3 Å². The first-order chi connectivity index (χ1) is 18.7. The van der Waals surface area contributed by atoms with Gasteiger partial charge in [0, 0.05) is 17.3 Å². The van der Waals surface area contributed by atoms with E-state index in [1.807, 2.05) is 6.08 Å². The molecule has 0 aliphatic heterocycles. The van der Waals surface area contributed by atoms with Gasteiger partial charge in [-0.3, -0.25) is 0 Å². The molecule has 2 unspecified atom stereocenters. The second-order valence-electron chi connectivity index (χ2n) is 10.6. The molecule has 0 fully saturated rings. The summed E-state index contributed by atoms with van der Waals surface area (Å²) in [5.74, 6) is 0.515. The average Bonchev–Trinajstić information content (AvgIpc) is 2.98. The van der Waals surface area contributed by atoms with Crippen LogP contribution in [0, 0.1) is 12.8 Å². The first kappa shape index (κ1) is 24.2. The highest BCUT2D eigenvalue weighted by Crippen LogP contribution is 2.39. The van der Waals surface area contributed by atoms with E-state index < -0.39 is 0 Å². The first-order valence-electron chi connectivity index (χ1n) is 13.8. The summed E-state index contributed by atoms with van der Waals surface area (Å²) in [6, 6.07) is 27.1. The standard InChI is InChI=1S/C37H35N/c1-3-28-17-21-34(22-18-28)38(37-16-8-11-30-10-4-5-15-36(30)37)35-23-19-29(20-24-35)32-13-7-14-33(26-32)31-12-6-9-27(2)25-31/h3-4,6-14,16-17,19-21,23-26,36-37H,1,5,15,18,22H2,2H3. The lowest BCUT2D eigenvalue weighted by atomic mass is 9.79. The minimum absolute atomic E-state index is 0.320. The molecule has 1 heteroatoms. The molecular weight excluding hydrogens is 458 g/mol. The summed E-state index contributed by atoms with van der Waals surface area (Å²) in [4.78, 5) is 2.59. The summed E-state index contributed by atoms with van der Waals surface area (Å²) in [5.41, 5.74) is 11.7. The van der Waals surface area contributed by atoms with Gasteiger partial charge in [-0.05, 0) is 90.3 Å². The molecular formula is C37H35N. The Balaban J connectivity index is 1.35. The molecule has 0 bridgehead atoms. The van der Waals surface area contributed by atoms with Crippen LogP contribution in [0.15, 0.2) is 145 Å². The Labute approximate surface area is 227 Å². The number of anilines is 1. The third-order valence-corrected chi connectivity index (χ3v) is 8.11. The molecule has 0 spiro atoms. The minimum atomic E-state index is 0.320. The van der Waals surface area contributed by atoms with Crippen molar-refractivity contribution in [1.82, 2.24) is 0 Å². The van der Waals surface area contributed by atoms with Crippen LogP contribution in [0.3, 0.4) is 0 Å². The van der Waals surface area contributed by atoms with Crippen molar-refractivity contribution in [2.75, 3.05) is 4.90 Å². The van der Waals surface area contributed by atoms with Crippen molar-refractivity contribution < 1.29 is 0 Å². The summed E-state index contributed by atoms with van der Waals surface area (Å²) >= 11 is 0. The molecule has 2 atom stereocenters. The molecule has 1 nitrogen and oxygen atoms in total. The maximum Gasteiger partial charge on any atom is 0.0590 e. The van der Waals surface area contributed by atoms with Gasteiger partial charge in [-0.25, -0.2) is 0 Å². The molecule has 0 saturated heterocycles. The number of nitrogens with zero attached hydrogens (tertiary/aromatic N) is 1. The Morgan fingerprint density at radius 1 is 0.816 bits per heavy atom. The maximum atomic E-state index is 3.99. The van der Waals surface area contributed by atoms with Gasteiger partial charge in [0.05, 0.1) is 6.04 Å². The fraction of sp³-hybridized carbons (Fsp3) is 0.189. The number of fused-ring (bicyclic) bond motifs is 1. The molecule has 3 aromatic carbocycles. The van der Waals surface area contributed by atoms with Crippen LogP contribution in [0.2, 0.25) is 0 Å². The van der Waals surface area contributed by atoms with Crippen molar-refractivity contribution in [1.29, 1.82) is 0 Å². The highest BCUT2D eigenvalue weighted by molar-refractivity contribution is 5.74. The Kier molecular flexibility index (Phi) is 6.84. The zero-order valence-electron chi connectivity index (χ0n) is 22.2. The molecule has 3 aliphatic rings. The predicted molar refractivity (Wildman–Crippen MR) is 163 cm³/mol. The van der Waals surface area contributed by atoms with Crippen LogP contribution in [0.4, 0.5) is 5.69 Å². The molecule has 0 aromatic heterocycles. The van der Waals surface area contributed by atoms with E-state index in [2.05, 4.69) is 134 Å². The van der Waals surface area contributed by atoms with Gasteiger partial charge in [-0.15, -0.1) is 0 Å². The highest BCUT2D eigenvalue weighted by Gasteiger charge is 2.32. The first-order valence-corrected chi connectivity index (χ1v) is 13.8. The van der Waals surface area contributed by atoms with Crippen LogP contribution in [-0.2, 0) is 0 Å². The van der Waals surface area contributed by atoms with Crippen molar-refractivity contribution >= 4 is 5.69 Å². The molecule has 0 heterocycles. The third-order valence-electron chi connectivity index (χ3n) is 8.11. The summed E-state index contributed by atoms with van der Waals surface area (Å²) in [5, 5.41) is 0. The van der Waals surface area contributed by atoms with Gasteiger partial charge in [0.25, 0.3) is 0 Å². The van der Waals surface area contributed by atoms with Gasteiger partial charge in [0.15, 0.2) is 0 Å². The van der Waals surface area contributed by atoms with Gasteiger partial charge in [-0.2, -0.15) is 0 Å². The summed E-state index contributed by atoms with van der Waals surface area (Å²) in [7, 11) is 0. The van der Waals surface area contributed by atoms with Crippen LogP contribution < -0.4 is 4.90 Å². The van der Waals surface area contributed by atoms with Gasteiger partial charge in [-0.1, -0.05) is 109 Å². The quantitative estimate of drug-likeness (QED) is 0.330. The van der Waals surface area contributed by atoms with E-state index in [-0.39, 0.29) is 0 Å². The van der Waals surface area contributed by atoms with Crippen molar-refractivity contribution in [2.24, 2.45) is 5.92 Å². The van der Waals surface area contributed by atoms with Gasteiger partial charge >= 0.3 is 0 Å². The number of rotatable bonds is 6. The van der Waals surface area contributed by atoms with Crippen LogP contribution in [0.25, 0.3) is 22.3 Å². The number of benzene rings is 3. The zero-order chi connectivity index (χ0) is 25.9. The molecule has 6 rings (SSSR count). The summed E-state index contributed by atoms with van der Waals surface area (Å²) in [6.07, 6.45) is 22.6. The fourth-order valence-corrected chi connectivity index (χ4v) is 6.07. The van der Waals surface area contributed by atoms with Crippen LogP contribution >= 0.6 is 0 Å². The van der Waals surface area contributed by atoms with Crippen LogP contribution in [-0.4, -0.2) is 6.04 Å². The SMILES string of the molecule is C=CC1=CC=C(N(c2ccc(-c3cccc(-c4cccc(C)c4)c3)cc2)C2C=CC=C3C=CCCC32)CC1. The van der Waals surface area contributed by atoms with Gasteiger partial charge < -0.3 is 4.90 Å². The monoisotopic (exact) mass is 493 g/mol. The fourth-order valence-electron chi connectivity index (χ4n) is 6.07. The summed E-state index contributed by atoms with van der Waals surface area (Å²) < 4.78 is 0. The molecule has 0 radical (unpaired) electrons. The van der Waals surface area contributed by atoms with E-state index in [1.54, 1.807) is 0 Å². The Morgan fingerprint density at radius 2 is 1.58 bits per heavy atom. The van der Waals surface area contributed by atoms with Crippen molar-refractivity contribution in [3.8, 4) is 22.3 Å². The second-order valence-corrected chi connectivity index (χ2v) is 10.6. The highest BCUT2D eigenvalue weighted by atomic mass is 15.2. The number of allylic oxidation sites excluding steroid dienone is 9. The van der Waals surface area contributed by atoms with Crippen molar-refractivity contribution in [3.05, 3.63) is 150 Å². The van der Waals surface area contributed by atoms with E-state index in [9.17, 15) is 0 Å². The van der Waals surface area contributed by atoms with Crippen molar-refractivity contribution in [3.63, 3.8) is 0 Å². The summed E-state index contributed by atoms with van der Waals surface area (Å²) in [6.45, 7) is 6.14.